The minimum absolute atomic E-state index is 0.271. The van der Waals surface area contributed by atoms with Crippen molar-refractivity contribution < 1.29 is 9.90 Å². The molecule has 1 rings (SSSR count). The highest BCUT2D eigenvalue weighted by molar-refractivity contribution is 5.66. The van der Waals surface area contributed by atoms with Gasteiger partial charge in [0.05, 0.1) is 0 Å². The van der Waals surface area contributed by atoms with E-state index in [4.69, 9.17) is 5.11 Å². The number of nitrogens with one attached hydrogen (secondary N) is 1. The van der Waals surface area contributed by atoms with Gasteiger partial charge in [0.2, 0.25) is 0 Å². The van der Waals surface area contributed by atoms with Crippen LogP contribution in [0.4, 0.5) is 0 Å². The molecule has 1 saturated carbocycles. The highest BCUT2D eigenvalue weighted by Gasteiger charge is 2.28. The Balaban J connectivity index is 2.38. The minimum atomic E-state index is -0.692. The normalized spacial score (nSPS) is 27.1. The summed E-state index contributed by atoms with van der Waals surface area (Å²) >= 11 is 0. The van der Waals surface area contributed by atoms with Crippen molar-refractivity contribution in [1.29, 1.82) is 0 Å². The van der Waals surface area contributed by atoms with Crippen molar-refractivity contribution >= 4 is 5.97 Å². The summed E-state index contributed by atoms with van der Waals surface area (Å²) in [4.78, 5) is 10.5. The van der Waals surface area contributed by atoms with Gasteiger partial charge in [-0.25, -0.2) is 0 Å². The molecule has 0 saturated heterocycles. The van der Waals surface area contributed by atoms with E-state index >= 15 is 0 Å². The van der Waals surface area contributed by atoms with E-state index in [1.807, 2.05) is 0 Å². The third-order valence-electron chi connectivity index (χ3n) is 3.97. The van der Waals surface area contributed by atoms with Gasteiger partial charge < -0.3 is 10.4 Å². The van der Waals surface area contributed by atoms with E-state index in [1.54, 1.807) is 0 Å². The van der Waals surface area contributed by atoms with Crippen LogP contribution in [0.15, 0.2) is 0 Å². The third-order valence-corrected chi connectivity index (χ3v) is 3.97. The Kier molecular flexibility index (Phi) is 5.96. The van der Waals surface area contributed by atoms with Crippen LogP contribution in [0.3, 0.4) is 0 Å². The monoisotopic (exact) mass is 241 g/mol. The van der Waals surface area contributed by atoms with Gasteiger partial charge in [-0.05, 0) is 38.0 Å². The van der Waals surface area contributed by atoms with Crippen LogP contribution in [0.5, 0.6) is 0 Å². The zero-order valence-electron chi connectivity index (χ0n) is 11.4. The molecule has 1 aliphatic rings. The van der Waals surface area contributed by atoms with Crippen molar-refractivity contribution in [3.63, 3.8) is 0 Å². The molecule has 0 spiro atoms. The summed E-state index contributed by atoms with van der Waals surface area (Å²) in [6, 6.07) is 0.906. The van der Waals surface area contributed by atoms with E-state index < -0.39 is 5.97 Å². The molecule has 0 aromatic rings. The molecule has 2 N–H and O–H groups in total. The summed E-state index contributed by atoms with van der Waals surface area (Å²) in [5, 5.41) is 12.3. The van der Waals surface area contributed by atoms with E-state index in [9.17, 15) is 4.79 Å². The molecule has 3 heteroatoms. The molecule has 1 aliphatic carbocycles. The van der Waals surface area contributed by atoms with Gasteiger partial charge in [0.1, 0.15) is 0 Å². The number of rotatable bonds is 6. The summed E-state index contributed by atoms with van der Waals surface area (Å²) in [7, 11) is 0. The Hall–Kier alpha value is -0.570. The van der Waals surface area contributed by atoms with E-state index in [-0.39, 0.29) is 6.42 Å². The maximum absolute atomic E-state index is 10.5. The fraction of sp³-hybridized carbons (Fsp3) is 0.929. The molecule has 17 heavy (non-hydrogen) atoms. The van der Waals surface area contributed by atoms with Crippen LogP contribution < -0.4 is 5.32 Å². The van der Waals surface area contributed by atoms with Crippen molar-refractivity contribution in [3.8, 4) is 0 Å². The molecule has 0 aliphatic heterocycles. The van der Waals surface area contributed by atoms with Gasteiger partial charge in [0.15, 0.2) is 0 Å². The van der Waals surface area contributed by atoms with Crippen molar-refractivity contribution in [1.82, 2.24) is 5.32 Å². The fourth-order valence-electron chi connectivity index (χ4n) is 2.95. The molecule has 3 nitrogen and oxygen atoms in total. The Morgan fingerprint density at radius 1 is 1.29 bits per heavy atom. The smallest absolute Gasteiger partial charge is 0.303 e. The molecule has 3 atom stereocenters. The first-order chi connectivity index (χ1) is 8.00. The summed E-state index contributed by atoms with van der Waals surface area (Å²) in [6.07, 6.45) is 6.24. The van der Waals surface area contributed by atoms with E-state index in [0.29, 0.717) is 12.1 Å². The number of carbonyl (C=O) groups is 1. The van der Waals surface area contributed by atoms with Crippen LogP contribution in [0.1, 0.15) is 59.3 Å². The average Bonchev–Trinajstić information content (AvgIpc) is 2.27. The van der Waals surface area contributed by atoms with Gasteiger partial charge in [0.25, 0.3) is 0 Å². The Labute approximate surface area is 105 Å². The van der Waals surface area contributed by atoms with Crippen molar-refractivity contribution in [2.45, 2.75) is 71.4 Å². The number of carboxylic acids is 1. The summed E-state index contributed by atoms with van der Waals surface area (Å²) in [5.41, 5.74) is 0. The maximum Gasteiger partial charge on any atom is 0.303 e. The summed E-state index contributed by atoms with van der Waals surface area (Å²) in [6.45, 7) is 6.70. The van der Waals surface area contributed by atoms with Crippen molar-refractivity contribution in [3.05, 3.63) is 0 Å². The van der Waals surface area contributed by atoms with Crippen LogP contribution in [0, 0.1) is 11.8 Å². The zero-order chi connectivity index (χ0) is 12.8. The Morgan fingerprint density at radius 2 is 1.94 bits per heavy atom. The zero-order valence-corrected chi connectivity index (χ0v) is 11.4. The molecule has 0 radical (unpaired) electrons. The lowest BCUT2D eigenvalue weighted by Crippen LogP contribution is -2.45. The van der Waals surface area contributed by atoms with Crippen LogP contribution >= 0.6 is 0 Å². The Bertz CT molecular complexity index is 240. The van der Waals surface area contributed by atoms with Crippen LogP contribution in [0.25, 0.3) is 0 Å². The predicted molar refractivity (Wildman–Crippen MR) is 70.1 cm³/mol. The molecule has 100 valence electrons. The largest absolute Gasteiger partial charge is 0.481 e. The van der Waals surface area contributed by atoms with E-state index in [0.717, 1.165) is 18.3 Å². The second-order valence-corrected chi connectivity index (χ2v) is 5.80. The molecule has 0 aromatic heterocycles. The molecule has 1 fully saturated rings. The highest BCUT2D eigenvalue weighted by atomic mass is 16.4. The molecule has 0 aromatic carbocycles. The molecular weight excluding hydrogens is 214 g/mol. The van der Waals surface area contributed by atoms with Gasteiger partial charge in [-0.15, -0.1) is 0 Å². The average molecular weight is 241 g/mol. The van der Waals surface area contributed by atoms with Crippen LogP contribution in [-0.2, 0) is 4.79 Å². The van der Waals surface area contributed by atoms with Gasteiger partial charge >= 0.3 is 5.97 Å². The van der Waals surface area contributed by atoms with Gasteiger partial charge in [-0.1, -0.05) is 26.7 Å². The topological polar surface area (TPSA) is 49.3 Å². The minimum Gasteiger partial charge on any atom is -0.481 e. The molecule has 0 amide bonds. The molecule has 0 heterocycles. The number of hydrogen-bond donors (Lipinski definition) is 2. The van der Waals surface area contributed by atoms with Gasteiger partial charge in [-0.2, -0.15) is 0 Å². The Morgan fingerprint density at radius 3 is 2.53 bits per heavy atom. The first kappa shape index (κ1) is 14.5. The quantitative estimate of drug-likeness (QED) is 0.751. The molecule has 3 unspecified atom stereocenters. The second kappa shape index (κ2) is 7.00. The lowest BCUT2D eigenvalue weighted by molar-refractivity contribution is -0.137. The molecule has 0 bridgehead atoms. The lowest BCUT2D eigenvalue weighted by atomic mass is 9.77. The SMILES string of the molecule is CC(CCC(=O)O)NC1CCCCC1C(C)C. The van der Waals surface area contributed by atoms with Gasteiger partial charge in [0, 0.05) is 18.5 Å². The molecular formula is C14H27NO2. The fourth-order valence-corrected chi connectivity index (χ4v) is 2.95. The maximum atomic E-state index is 10.5. The van der Waals surface area contributed by atoms with E-state index in [1.165, 1.54) is 25.7 Å². The first-order valence-corrected chi connectivity index (χ1v) is 6.98. The van der Waals surface area contributed by atoms with E-state index in [2.05, 4.69) is 26.1 Å². The summed E-state index contributed by atoms with van der Waals surface area (Å²) < 4.78 is 0. The van der Waals surface area contributed by atoms with Crippen molar-refractivity contribution in [2.24, 2.45) is 11.8 Å². The number of aliphatic carboxylic acids is 1. The highest BCUT2D eigenvalue weighted by Crippen LogP contribution is 2.30. The summed E-state index contributed by atoms with van der Waals surface area (Å²) in [5.74, 6) is 0.790. The standard InChI is InChI=1S/C14H27NO2/c1-10(2)12-6-4-5-7-13(12)15-11(3)8-9-14(16)17/h10-13,15H,4-9H2,1-3H3,(H,16,17). The second-order valence-electron chi connectivity index (χ2n) is 5.80. The lowest BCUT2D eigenvalue weighted by Gasteiger charge is -2.36. The third kappa shape index (κ3) is 5.07. The van der Waals surface area contributed by atoms with Crippen molar-refractivity contribution in [2.75, 3.05) is 0 Å². The van der Waals surface area contributed by atoms with Gasteiger partial charge in [-0.3, -0.25) is 4.79 Å². The van der Waals surface area contributed by atoms with Crippen LogP contribution in [0.2, 0.25) is 0 Å². The number of carboxylic acid groups (broad SMARTS) is 1. The van der Waals surface area contributed by atoms with Crippen LogP contribution in [-0.4, -0.2) is 23.2 Å². The number of hydrogen-bond acceptors (Lipinski definition) is 2. The predicted octanol–water partition coefficient (Wildman–Crippen LogP) is 3.04. The first-order valence-electron chi connectivity index (χ1n) is 6.98.